The van der Waals surface area contributed by atoms with Crippen molar-refractivity contribution in [1.82, 2.24) is 0 Å². The van der Waals surface area contributed by atoms with Gasteiger partial charge in [0.1, 0.15) is 25.4 Å². The lowest BCUT2D eigenvalue weighted by Crippen LogP contribution is -2.52. The van der Waals surface area contributed by atoms with Crippen LogP contribution < -0.4 is 4.74 Å². The highest BCUT2D eigenvalue weighted by atomic mass is 16.5. The largest absolute Gasteiger partial charge is 0.487 e. The first-order chi connectivity index (χ1) is 11.7. The van der Waals surface area contributed by atoms with Crippen LogP contribution in [-0.4, -0.2) is 30.7 Å². The number of likely N-dealkylation sites (tertiary alicyclic amines) is 1. The van der Waals surface area contributed by atoms with Gasteiger partial charge in [-0.25, -0.2) is 0 Å². The van der Waals surface area contributed by atoms with Crippen molar-refractivity contribution in [2.24, 2.45) is 0 Å². The Morgan fingerprint density at radius 3 is 2.17 bits per heavy atom. The Kier molecular flexibility index (Phi) is 5.57. The maximum Gasteiger partial charge on any atom is 0.137 e. The molecule has 2 nitrogen and oxygen atoms in total. The second kappa shape index (κ2) is 7.85. The van der Waals surface area contributed by atoms with Gasteiger partial charge in [0, 0.05) is 5.56 Å². The third kappa shape index (κ3) is 4.18. The monoisotopic (exact) mass is 324 g/mol. The van der Waals surface area contributed by atoms with Gasteiger partial charge in [-0.1, -0.05) is 48.5 Å². The van der Waals surface area contributed by atoms with Crippen LogP contribution in [0.15, 0.2) is 48.5 Å². The number of rotatable bonds is 6. The van der Waals surface area contributed by atoms with Crippen molar-refractivity contribution in [3.8, 4) is 5.75 Å². The normalized spacial score (nSPS) is 16.8. The average molecular weight is 324 g/mol. The lowest BCUT2D eigenvalue weighted by molar-refractivity contribution is -0.945. The van der Waals surface area contributed by atoms with E-state index in [1.807, 2.05) is 0 Å². The Balaban J connectivity index is 1.66. The van der Waals surface area contributed by atoms with Crippen LogP contribution in [0.3, 0.4) is 0 Å². The van der Waals surface area contributed by atoms with Crippen LogP contribution >= 0.6 is 0 Å². The predicted octanol–water partition coefficient (Wildman–Crippen LogP) is 4.88. The second-order valence-corrected chi connectivity index (χ2v) is 7.29. The topological polar surface area (TPSA) is 9.23 Å². The molecular formula is C22H30NO+. The zero-order chi connectivity index (χ0) is 16.8. The summed E-state index contributed by atoms with van der Waals surface area (Å²) < 4.78 is 7.39. The predicted molar refractivity (Wildman–Crippen MR) is 100 cm³/mol. The molecule has 0 saturated carbocycles. The third-order valence-corrected chi connectivity index (χ3v) is 5.35. The van der Waals surface area contributed by atoms with E-state index in [9.17, 15) is 0 Å². The maximum absolute atomic E-state index is 6.22. The summed E-state index contributed by atoms with van der Waals surface area (Å²) in [5.41, 5.74) is 3.93. The molecule has 1 fully saturated rings. The van der Waals surface area contributed by atoms with E-state index < -0.39 is 0 Å². The van der Waals surface area contributed by atoms with E-state index in [1.165, 1.54) is 53.5 Å². The number of piperidine rings is 1. The average Bonchev–Trinajstić information content (AvgIpc) is 2.59. The Labute approximate surface area is 146 Å². The number of para-hydroxylation sites is 1. The van der Waals surface area contributed by atoms with Gasteiger partial charge >= 0.3 is 0 Å². The first-order valence-electron chi connectivity index (χ1n) is 9.27. The molecule has 2 aromatic carbocycles. The molecule has 0 radical (unpaired) electrons. The molecule has 3 rings (SSSR count). The minimum atomic E-state index is 0.804. The molecule has 1 aliphatic heterocycles. The smallest absolute Gasteiger partial charge is 0.137 e. The fourth-order valence-electron chi connectivity index (χ4n) is 3.98. The molecule has 0 unspecified atom stereocenters. The highest BCUT2D eigenvalue weighted by molar-refractivity contribution is 5.39. The van der Waals surface area contributed by atoms with Crippen molar-refractivity contribution in [2.45, 2.75) is 39.7 Å². The molecule has 0 spiro atoms. The molecule has 0 aliphatic carbocycles. The van der Waals surface area contributed by atoms with Crippen molar-refractivity contribution in [1.29, 1.82) is 0 Å². The summed E-state index contributed by atoms with van der Waals surface area (Å²) in [5, 5.41) is 0. The highest BCUT2D eigenvalue weighted by Crippen LogP contribution is 2.25. The van der Waals surface area contributed by atoms with E-state index in [4.69, 9.17) is 4.74 Å². The third-order valence-electron chi connectivity index (χ3n) is 5.35. The van der Waals surface area contributed by atoms with Gasteiger partial charge in [-0.3, -0.25) is 0 Å². The Morgan fingerprint density at radius 1 is 0.833 bits per heavy atom. The second-order valence-electron chi connectivity index (χ2n) is 7.29. The van der Waals surface area contributed by atoms with E-state index in [2.05, 4.69) is 62.4 Å². The Morgan fingerprint density at radius 2 is 1.50 bits per heavy atom. The van der Waals surface area contributed by atoms with Crippen molar-refractivity contribution in [2.75, 3.05) is 26.2 Å². The Hall–Kier alpha value is -1.80. The van der Waals surface area contributed by atoms with Crippen molar-refractivity contribution >= 4 is 0 Å². The summed E-state index contributed by atoms with van der Waals surface area (Å²) in [4.78, 5) is 0. The molecule has 1 saturated heterocycles. The summed E-state index contributed by atoms with van der Waals surface area (Å²) in [6.45, 7) is 9.88. The SMILES string of the molecule is Cc1cccc(C)c1OCC[N+]1(Cc2ccccc2)CCCCC1. The van der Waals surface area contributed by atoms with Crippen LogP contribution in [0.25, 0.3) is 0 Å². The van der Waals surface area contributed by atoms with Gasteiger partial charge in [0.05, 0.1) is 13.1 Å². The Bertz CT molecular complexity index is 624. The number of aryl methyl sites for hydroxylation is 2. The fraction of sp³-hybridized carbons (Fsp3) is 0.455. The molecule has 0 amide bonds. The summed E-state index contributed by atoms with van der Waals surface area (Å²) in [6, 6.07) is 17.3. The summed E-state index contributed by atoms with van der Waals surface area (Å²) in [7, 11) is 0. The van der Waals surface area contributed by atoms with Gasteiger partial charge in [0.15, 0.2) is 0 Å². The van der Waals surface area contributed by atoms with Gasteiger partial charge in [-0.15, -0.1) is 0 Å². The number of benzene rings is 2. The maximum atomic E-state index is 6.22. The van der Waals surface area contributed by atoms with E-state index in [0.29, 0.717) is 0 Å². The van der Waals surface area contributed by atoms with Crippen LogP contribution in [-0.2, 0) is 6.54 Å². The molecule has 1 aliphatic rings. The molecule has 128 valence electrons. The zero-order valence-corrected chi connectivity index (χ0v) is 15.1. The van der Waals surface area contributed by atoms with Gasteiger partial charge in [-0.2, -0.15) is 0 Å². The number of hydrogen-bond donors (Lipinski definition) is 0. The lowest BCUT2D eigenvalue weighted by atomic mass is 10.1. The quantitative estimate of drug-likeness (QED) is 0.688. The fourth-order valence-corrected chi connectivity index (χ4v) is 3.98. The van der Waals surface area contributed by atoms with Crippen LogP contribution in [0, 0.1) is 13.8 Å². The van der Waals surface area contributed by atoms with E-state index in [-0.39, 0.29) is 0 Å². The molecule has 24 heavy (non-hydrogen) atoms. The van der Waals surface area contributed by atoms with Crippen LogP contribution in [0.1, 0.15) is 36.0 Å². The molecule has 1 heterocycles. The molecule has 0 N–H and O–H groups in total. The number of ether oxygens (including phenoxy) is 1. The van der Waals surface area contributed by atoms with Crippen LogP contribution in [0.2, 0.25) is 0 Å². The first kappa shape index (κ1) is 17.0. The van der Waals surface area contributed by atoms with Crippen molar-refractivity contribution in [3.63, 3.8) is 0 Å². The van der Waals surface area contributed by atoms with Crippen LogP contribution in [0.4, 0.5) is 0 Å². The molecule has 0 atom stereocenters. The molecule has 0 aromatic heterocycles. The minimum absolute atomic E-state index is 0.804. The molecule has 0 bridgehead atoms. The van der Waals surface area contributed by atoms with Crippen LogP contribution in [0.5, 0.6) is 5.75 Å². The number of hydrogen-bond acceptors (Lipinski definition) is 1. The van der Waals surface area contributed by atoms with E-state index in [1.54, 1.807) is 0 Å². The standard InChI is InChI=1S/C22H30NO/c1-19-10-9-11-20(2)22(19)24-17-16-23(14-7-4-8-15-23)18-21-12-5-3-6-13-21/h3,5-6,9-13H,4,7-8,14-18H2,1-2H3/q+1. The lowest BCUT2D eigenvalue weighted by Gasteiger charge is -2.41. The van der Waals surface area contributed by atoms with Gasteiger partial charge in [0.25, 0.3) is 0 Å². The molecular weight excluding hydrogens is 294 g/mol. The van der Waals surface area contributed by atoms with E-state index in [0.717, 1.165) is 25.4 Å². The summed E-state index contributed by atoms with van der Waals surface area (Å²) in [6.07, 6.45) is 4.07. The summed E-state index contributed by atoms with van der Waals surface area (Å²) in [5.74, 6) is 1.08. The van der Waals surface area contributed by atoms with Crippen molar-refractivity contribution in [3.05, 3.63) is 65.2 Å². The van der Waals surface area contributed by atoms with E-state index >= 15 is 0 Å². The minimum Gasteiger partial charge on any atom is -0.487 e. The zero-order valence-electron chi connectivity index (χ0n) is 15.1. The first-order valence-corrected chi connectivity index (χ1v) is 9.27. The molecule has 2 heteroatoms. The van der Waals surface area contributed by atoms with Crippen molar-refractivity contribution < 1.29 is 9.22 Å². The highest BCUT2D eigenvalue weighted by Gasteiger charge is 2.30. The number of quaternary nitrogens is 1. The molecule has 2 aromatic rings. The summed E-state index contributed by atoms with van der Waals surface area (Å²) >= 11 is 0. The van der Waals surface area contributed by atoms with Gasteiger partial charge < -0.3 is 9.22 Å². The van der Waals surface area contributed by atoms with Gasteiger partial charge in [0.2, 0.25) is 0 Å². The number of nitrogens with zero attached hydrogens (tertiary/aromatic N) is 1. The van der Waals surface area contributed by atoms with Gasteiger partial charge in [-0.05, 0) is 44.2 Å².